The van der Waals surface area contributed by atoms with Crippen molar-refractivity contribution in [2.24, 2.45) is 0 Å². The van der Waals surface area contributed by atoms with Gasteiger partial charge < -0.3 is 10.2 Å². The third kappa shape index (κ3) is 2.87. The zero-order valence-corrected chi connectivity index (χ0v) is 10.3. The highest BCUT2D eigenvalue weighted by atomic mass is 32.2. The van der Waals surface area contributed by atoms with Gasteiger partial charge in [-0.15, -0.1) is 0 Å². The normalized spacial score (nSPS) is 23.9. The first-order chi connectivity index (χ1) is 7.10. The lowest BCUT2D eigenvalue weighted by Crippen LogP contribution is -2.60. The Bertz CT molecular complexity index is 258. The summed E-state index contributed by atoms with van der Waals surface area (Å²) in [5, 5.41) is 2.64. The molecule has 0 saturated carbocycles. The van der Waals surface area contributed by atoms with Crippen LogP contribution in [0.15, 0.2) is 0 Å². The lowest BCUT2D eigenvalue weighted by atomic mass is 10.1. The monoisotopic (exact) mass is 230 g/mol. The summed E-state index contributed by atoms with van der Waals surface area (Å²) in [5.74, 6) is 0.875. The lowest BCUT2D eigenvalue weighted by molar-refractivity contribution is -0.145. The molecule has 0 aromatic carbocycles. The number of amides is 2. The molecule has 15 heavy (non-hydrogen) atoms. The number of carbonyl (C=O) groups excluding carboxylic acids is 2. The smallest absolute Gasteiger partial charge is 0.245 e. The SMILES string of the molecule is CCC(CSC)N1CC(=O)NC(C)C1=O. The van der Waals surface area contributed by atoms with Crippen molar-refractivity contribution in [2.75, 3.05) is 18.6 Å². The van der Waals surface area contributed by atoms with Crippen LogP contribution in [0, 0.1) is 0 Å². The fourth-order valence-electron chi connectivity index (χ4n) is 1.76. The number of thioether (sulfide) groups is 1. The lowest BCUT2D eigenvalue weighted by Gasteiger charge is -2.36. The van der Waals surface area contributed by atoms with Gasteiger partial charge in [-0.25, -0.2) is 0 Å². The quantitative estimate of drug-likeness (QED) is 0.764. The summed E-state index contributed by atoms with van der Waals surface area (Å²) < 4.78 is 0. The average Bonchev–Trinajstić information content (AvgIpc) is 2.20. The molecule has 1 heterocycles. The van der Waals surface area contributed by atoms with Crippen LogP contribution in [0.1, 0.15) is 20.3 Å². The summed E-state index contributed by atoms with van der Waals surface area (Å²) in [5.41, 5.74) is 0. The van der Waals surface area contributed by atoms with Crippen molar-refractivity contribution < 1.29 is 9.59 Å². The molecule has 0 bridgehead atoms. The van der Waals surface area contributed by atoms with E-state index in [-0.39, 0.29) is 30.4 Å². The van der Waals surface area contributed by atoms with E-state index in [1.165, 1.54) is 0 Å². The van der Waals surface area contributed by atoms with E-state index in [1.54, 1.807) is 23.6 Å². The maximum Gasteiger partial charge on any atom is 0.245 e. The predicted molar refractivity (Wildman–Crippen MR) is 61.8 cm³/mol. The van der Waals surface area contributed by atoms with Gasteiger partial charge in [0.05, 0.1) is 6.54 Å². The van der Waals surface area contributed by atoms with Crippen molar-refractivity contribution in [3.63, 3.8) is 0 Å². The summed E-state index contributed by atoms with van der Waals surface area (Å²) in [6.45, 7) is 3.99. The van der Waals surface area contributed by atoms with Crippen LogP contribution in [0.25, 0.3) is 0 Å². The van der Waals surface area contributed by atoms with Gasteiger partial charge in [0.15, 0.2) is 0 Å². The molecule has 2 amide bonds. The van der Waals surface area contributed by atoms with Gasteiger partial charge >= 0.3 is 0 Å². The van der Waals surface area contributed by atoms with Crippen LogP contribution in [-0.2, 0) is 9.59 Å². The first kappa shape index (κ1) is 12.4. The van der Waals surface area contributed by atoms with Gasteiger partial charge in [-0.3, -0.25) is 9.59 Å². The number of rotatable bonds is 4. The van der Waals surface area contributed by atoms with Crippen LogP contribution < -0.4 is 5.32 Å². The molecule has 4 nitrogen and oxygen atoms in total. The molecule has 2 atom stereocenters. The molecule has 1 rings (SSSR count). The van der Waals surface area contributed by atoms with E-state index >= 15 is 0 Å². The second-order valence-corrected chi connectivity index (χ2v) is 4.68. The van der Waals surface area contributed by atoms with Crippen LogP contribution in [-0.4, -0.2) is 47.4 Å². The first-order valence-corrected chi connectivity index (χ1v) is 6.58. The summed E-state index contributed by atoms with van der Waals surface area (Å²) in [4.78, 5) is 24.9. The minimum Gasteiger partial charge on any atom is -0.343 e. The molecule has 1 saturated heterocycles. The molecule has 0 spiro atoms. The number of carbonyl (C=O) groups is 2. The van der Waals surface area contributed by atoms with Crippen molar-refractivity contribution >= 4 is 23.6 Å². The molecule has 1 fully saturated rings. The zero-order valence-electron chi connectivity index (χ0n) is 9.45. The summed E-state index contributed by atoms with van der Waals surface area (Å²) in [6.07, 6.45) is 2.91. The van der Waals surface area contributed by atoms with Crippen molar-refractivity contribution in [1.29, 1.82) is 0 Å². The van der Waals surface area contributed by atoms with Gasteiger partial charge in [0.25, 0.3) is 0 Å². The molecule has 0 aliphatic carbocycles. The second kappa shape index (κ2) is 5.39. The molecule has 2 unspecified atom stereocenters. The van der Waals surface area contributed by atoms with Crippen LogP contribution in [0.2, 0.25) is 0 Å². The van der Waals surface area contributed by atoms with E-state index < -0.39 is 0 Å². The Hall–Kier alpha value is -0.710. The van der Waals surface area contributed by atoms with E-state index in [0.717, 1.165) is 12.2 Å². The van der Waals surface area contributed by atoms with Crippen LogP contribution in [0.3, 0.4) is 0 Å². The van der Waals surface area contributed by atoms with Gasteiger partial charge in [0.1, 0.15) is 6.04 Å². The fourth-order valence-corrected chi connectivity index (χ4v) is 2.56. The number of nitrogens with zero attached hydrogens (tertiary/aromatic N) is 1. The minimum atomic E-state index is -0.373. The molecule has 5 heteroatoms. The highest BCUT2D eigenvalue weighted by Crippen LogP contribution is 2.13. The number of hydrogen-bond donors (Lipinski definition) is 1. The molecule has 0 aromatic heterocycles. The van der Waals surface area contributed by atoms with Gasteiger partial charge in [-0.05, 0) is 19.6 Å². The standard InChI is InChI=1S/C10H18N2O2S/c1-4-8(6-15-3)12-5-9(13)11-7(2)10(12)14/h7-8H,4-6H2,1-3H3,(H,11,13). The molecule has 1 aliphatic heterocycles. The van der Waals surface area contributed by atoms with E-state index in [1.807, 2.05) is 13.2 Å². The van der Waals surface area contributed by atoms with E-state index in [9.17, 15) is 9.59 Å². The molecular weight excluding hydrogens is 212 g/mol. The van der Waals surface area contributed by atoms with Gasteiger partial charge in [0, 0.05) is 11.8 Å². The molecule has 1 N–H and O–H groups in total. The Morgan fingerprint density at radius 3 is 2.80 bits per heavy atom. The van der Waals surface area contributed by atoms with Crippen molar-refractivity contribution in [3.8, 4) is 0 Å². The van der Waals surface area contributed by atoms with E-state index in [0.29, 0.717) is 0 Å². The van der Waals surface area contributed by atoms with Gasteiger partial charge in [-0.1, -0.05) is 6.92 Å². The number of hydrogen-bond acceptors (Lipinski definition) is 3. The van der Waals surface area contributed by atoms with Crippen LogP contribution in [0.4, 0.5) is 0 Å². The molecule has 0 aromatic rings. The van der Waals surface area contributed by atoms with Crippen molar-refractivity contribution in [3.05, 3.63) is 0 Å². The fraction of sp³-hybridized carbons (Fsp3) is 0.800. The summed E-state index contributed by atoms with van der Waals surface area (Å²) >= 11 is 1.71. The zero-order chi connectivity index (χ0) is 11.4. The molecule has 1 aliphatic rings. The Morgan fingerprint density at radius 1 is 1.60 bits per heavy atom. The predicted octanol–water partition coefficient (Wildman–Crippen LogP) is 0.475. The highest BCUT2D eigenvalue weighted by Gasteiger charge is 2.33. The highest BCUT2D eigenvalue weighted by molar-refractivity contribution is 7.98. The second-order valence-electron chi connectivity index (χ2n) is 3.77. The Kier molecular flexibility index (Phi) is 4.45. The maximum absolute atomic E-state index is 11.8. The topological polar surface area (TPSA) is 49.4 Å². The average molecular weight is 230 g/mol. The maximum atomic E-state index is 11.8. The van der Waals surface area contributed by atoms with Crippen molar-refractivity contribution in [1.82, 2.24) is 10.2 Å². The largest absolute Gasteiger partial charge is 0.343 e. The van der Waals surface area contributed by atoms with Crippen LogP contribution >= 0.6 is 11.8 Å². The molecular formula is C10H18N2O2S. The van der Waals surface area contributed by atoms with Gasteiger partial charge in [0.2, 0.25) is 11.8 Å². The number of nitrogens with one attached hydrogen (secondary N) is 1. The third-order valence-corrected chi connectivity index (χ3v) is 3.33. The third-order valence-electron chi connectivity index (χ3n) is 2.62. The summed E-state index contributed by atoms with van der Waals surface area (Å²) in [6, 6.07) is -0.192. The van der Waals surface area contributed by atoms with Crippen LogP contribution in [0.5, 0.6) is 0 Å². The first-order valence-electron chi connectivity index (χ1n) is 5.19. The Balaban J connectivity index is 2.72. The minimum absolute atomic E-state index is 0.0375. The summed E-state index contributed by atoms with van der Waals surface area (Å²) in [7, 11) is 0. The molecule has 86 valence electrons. The van der Waals surface area contributed by atoms with E-state index in [2.05, 4.69) is 5.32 Å². The van der Waals surface area contributed by atoms with Gasteiger partial charge in [-0.2, -0.15) is 11.8 Å². The van der Waals surface area contributed by atoms with Crippen molar-refractivity contribution in [2.45, 2.75) is 32.4 Å². The molecule has 0 radical (unpaired) electrons. The van der Waals surface area contributed by atoms with E-state index in [4.69, 9.17) is 0 Å². The number of piperazine rings is 1. The Morgan fingerprint density at radius 2 is 2.27 bits per heavy atom. The Labute approximate surface area is 94.8 Å².